The third kappa shape index (κ3) is 4.96. The third-order valence-electron chi connectivity index (χ3n) is 3.94. The van der Waals surface area contributed by atoms with Crippen molar-refractivity contribution in [2.75, 3.05) is 0 Å². The predicted octanol–water partition coefficient (Wildman–Crippen LogP) is 5.20. The van der Waals surface area contributed by atoms with Crippen LogP contribution in [0.4, 0.5) is 0 Å². The minimum Gasteiger partial charge on any atom is -0.410 e. The Balaban J connectivity index is 2.80. The number of hydrogen-bond acceptors (Lipinski definition) is 1. The molecule has 1 atom stereocenters. The van der Waals surface area contributed by atoms with E-state index in [0.717, 1.165) is 6.42 Å². The molecule has 2 heteroatoms. The Bertz CT molecular complexity index is 401. The van der Waals surface area contributed by atoms with Gasteiger partial charge in [0.25, 0.3) is 0 Å². The van der Waals surface area contributed by atoms with Crippen molar-refractivity contribution in [3.8, 4) is 0 Å². The zero-order chi connectivity index (χ0) is 14.5. The van der Waals surface area contributed by atoms with Gasteiger partial charge in [-0.25, -0.2) is 0 Å². The predicted molar refractivity (Wildman–Crippen MR) is 87.0 cm³/mol. The standard InChI is InChI=1S/C17H28OSi/c1-7-11-16(14-15-12-9-8-10-13-15)18-19(5,6)17(2,3)4/h7-13,16H,14H2,1-6H3/b11-7+. The molecule has 1 aromatic rings. The summed E-state index contributed by atoms with van der Waals surface area (Å²) >= 11 is 0. The second-order valence-electron chi connectivity index (χ2n) is 6.63. The lowest BCUT2D eigenvalue weighted by atomic mass is 10.1. The molecule has 19 heavy (non-hydrogen) atoms. The highest BCUT2D eigenvalue weighted by Gasteiger charge is 2.38. The van der Waals surface area contributed by atoms with Crippen molar-refractivity contribution in [3.05, 3.63) is 48.0 Å². The summed E-state index contributed by atoms with van der Waals surface area (Å²) in [4.78, 5) is 0. The number of hydrogen-bond donors (Lipinski definition) is 0. The average molecular weight is 276 g/mol. The Morgan fingerprint density at radius 1 is 1.16 bits per heavy atom. The summed E-state index contributed by atoms with van der Waals surface area (Å²) in [6.07, 6.45) is 5.43. The van der Waals surface area contributed by atoms with Gasteiger partial charge in [-0.1, -0.05) is 63.3 Å². The summed E-state index contributed by atoms with van der Waals surface area (Å²) in [5.74, 6) is 0. The molecule has 0 heterocycles. The van der Waals surface area contributed by atoms with Crippen LogP contribution in [0.2, 0.25) is 18.1 Å². The average Bonchev–Trinajstić information content (AvgIpc) is 2.28. The van der Waals surface area contributed by atoms with Crippen LogP contribution >= 0.6 is 0 Å². The second kappa shape index (κ2) is 6.53. The van der Waals surface area contributed by atoms with Gasteiger partial charge in [0.1, 0.15) is 0 Å². The fraction of sp³-hybridized carbons (Fsp3) is 0.529. The van der Waals surface area contributed by atoms with E-state index >= 15 is 0 Å². The van der Waals surface area contributed by atoms with Gasteiger partial charge in [0.15, 0.2) is 8.32 Å². The van der Waals surface area contributed by atoms with Gasteiger partial charge in [-0.2, -0.15) is 0 Å². The normalized spacial score (nSPS) is 14.8. The van der Waals surface area contributed by atoms with Crippen molar-refractivity contribution < 1.29 is 4.43 Å². The molecule has 1 nitrogen and oxygen atoms in total. The highest BCUT2D eigenvalue weighted by Crippen LogP contribution is 2.37. The first-order chi connectivity index (χ1) is 8.76. The van der Waals surface area contributed by atoms with Gasteiger partial charge >= 0.3 is 0 Å². The van der Waals surface area contributed by atoms with Crippen LogP contribution in [0.5, 0.6) is 0 Å². The quantitative estimate of drug-likeness (QED) is 0.531. The molecule has 0 spiro atoms. The maximum absolute atomic E-state index is 6.50. The zero-order valence-corrected chi connectivity index (χ0v) is 14.2. The highest BCUT2D eigenvalue weighted by atomic mass is 28.4. The summed E-state index contributed by atoms with van der Waals surface area (Å²) in [6, 6.07) is 10.6. The maximum Gasteiger partial charge on any atom is 0.192 e. The summed E-state index contributed by atoms with van der Waals surface area (Å²) in [7, 11) is -1.71. The van der Waals surface area contributed by atoms with E-state index < -0.39 is 8.32 Å². The Kier molecular flexibility index (Phi) is 5.57. The van der Waals surface area contributed by atoms with Crippen LogP contribution in [0.15, 0.2) is 42.5 Å². The van der Waals surface area contributed by atoms with Crippen LogP contribution < -0.4 is 0 Å². The van der Waals surface area contributed by atoms with Crippen molar-refractivity contribution in [1.82, 2.24) is 0 Å². The van der Waals surface area contributed by atoms with Gasteiger partial charge in [0, 0.05) is 6.42 Å². The molecule has 0 aliphatic rings. The molecule has 0 N–H and O–H groups in total. The van der Waals surface area contributed by atoms with Gasteiger partial charge < -0.3 is 4.43 Å². The topological polar surface area (TPSA) is 9.23 Å². The van der Waals surface area contributed by atoms with Crippen LogP contribution in [0, 0.1) is 0 Å². The fourth-order valence-corrected chi connectivity index (χ4v) is 3.04. The lowest BCUT2D eigenvalue weighted by Crippen LogP contribution is -2.44. The zero-order valence-electron chi connectivity index (χ0n) is 13.2. The van der Waals surface area contributed by atoms with Crippen molar-refractivity contribution >= 4 is 8.32 Å². The van der Waals surface area contributed by atoms with E-state index in [-0.39, 0.29) is 11.1 Å². The van der Waals surface area contributed by atoms with Gasteiger partial charge in [-0.3, -0.25) is 0 Å². The molecule has 0 fully saturated rings. The first kappa shape index (κ1) is 16.2. The second-order valence-corrected chi connectivity index (χ2v) is 11.4. The molecule has 0 saturated carbocycles. The first-order valence-electron chi connectivity index (χ1n) is 7.11. The molecule has 1 rings (SSSR count). The van der Waals surface area contributed by atoms with Crippen molar-refractivity contribution in [2.45, 2.75) is 58.4 Å². The summed E-state index contributed by atoms with van der Waals surface area (Å²) < 4.78 is 6.50. The molecule has 1 unspecified atom stereocenters. The monoisotopic (exact) mass is 276 g/mol. The maximum atomic E-state index is 6.50. The molecule has 0 aliphatic carbocycles. The minimum absolute atomic E-state index is 0.188. The number of benzene rings is 1. The van der Waals surface area contributed by atoms with E-state index in [4.69, 9.17) is 4.43 Å². The van der Waals surface area contributed by atoms with Gasteiger partial charge in [0.05, 0.1) is 6.10 Å². The third-order valence-corrected chi connectivity index (χ3v) is 8.44. The summed E-state index contributed by atoms with van der Waals surface area (Å²) in [5, 5.41) is 0.253. The Morgan fingerprint density at radius 2 is 1.74 bits per heavy atom. The van der Waals surface area contributed by atoms with E-state index in [1.54, 1.807) is 0 Å². The number of allylic oxidation sites excluding steroid dienone is 1. The van der Waals surface area contributed by atoms with Gasteiger partial charge in [-0.05, 0) is 30.6 Å². The van der Waals surface area contributed by atoms with Crippen molar-refractivity contribution in [2.24, 2.45) is 0 Å². The Labute approximate surface area is 119 Å². The SMILES string of the molecule is C/C=C/C(Cc1ccccc1)O[Si](C)(C)C(C)(C)C. The highest BCUT2D eigenvalue weighted by molar-refractivity contribution is 6.74. The summed E-state index contributed by atoms with van der Waals surface area (Å²) in [6.45, 7) is 13.5. The van der Waals surface area contributed by atoms with Crippen molar-refractivity contribution in [1.29, 1.82) is 0 Å². The number of rotatable bonds is 5. The summed E-state index contributed by atoms with van der Waals surface area (Å²) in [5.41, 5.74) is 1.34. The molecule has 0 aliphatic heterocycles. The van der Waals surface area contributed by atoms with E-state index in [0.29, 0.717) is 0 Å². The van der Waals surface area contributed by atoms with E-state index in [9.17, 15) is 0 Å². The molecule has 106 valence electrons. The fourth-order valence-electron chi connectivity index (χ4n) is 1.77. The minimum atomic E-state index is -1.71. The van der Waals surface area contributed by atoms with Gasteiger partial charge in [0.2, 0.25) is 0 Å². The smallest absolute Gasteiger partial charge is 0.192 e. The van der Waals surface area contributed by atoms with Crippen LogP contribution in [0.3, 0.4) is 0 Å². The molecule has 0 radical (unpaired) electrons. The van der Waals surface area contributed by atoms with Crippen molar-refractivity contribution in [3.63, 3.8) is 0 Å². The van der Waals surface area contributed by atoms with Crippen LogP contribution in [-0.2, 0) is 10.8 Å². The van der Waals surface area contributed by atoms with Crippen LogP contribution in [0.1, 0.15) is 33.3 Å². The molecule has 0 bridgehead atoms. The van der Waals surface area contributed by atoms with E-state index in [2.05, 4.69) is 83.3 Å². The molecule has 0 amide bonds. The Morgan fingerprint density at radius 3 is 2.21 bits per heavy atom. The molecule has 0 aromatic heterocycles. The molecular formula is C17H28OSi. The van der Waals surface area contributed by atoms with E-state index in [1.807, 2.05) is 0 Å². The largest absolute Gasteiger partial charge is 0.410 e. The molecule has 1 aromatic carbocycles. The van der Waals surface area contributed by atoms with Crippen LogP contribution in [0.25, 0.3) is 0 Å². The van der Waals surface area contributed by atoms with Gasteiger partial charge in [-0.15, -0.1) is 0 Å². The lowest BCUT2D eigenvalue weighted by Gasteiger charge is -2.38. The Hall–Kier alpha value is -0.863. The van der Waals surface area contributed by atoms with Crippen LogP contribution in [-0.4, -0.2) is 14.4 Å². The first-order valence-corrected chi connectivity index (χ1v) is 10.0. The lowest BCUT2D eigenvalue weighted by molar-refractivity contribution is 0.225. The molecular weight excluding hydrogens is 248 g/mol. The molecule has 0 saturated heterocycles. The van der Waals surface area contributed by atoms with E-state index in [1.165, 1.54) is 5.56 Å².